The standard InChI is InChI=1S/C12H15NO4S2/c1-8-4-3-5-13(7-8)19(16,17)10-6-9(2)11(18-10)12(14)15/h4,6H,3,5,7H2,1-2H3,(H,14,15). The molecule has 0 unspecified atom stereocenters. The second-order valence-corrected chi connectivity index (χ2v) is 7.78. The predicted molar refractivity (Wildman–Crippen MR) is 73.1 cm³/mol. The van der Waals surface area contributed by atoms with Gasteiger partial charge in [0, 0.05) is 13.1 Å². The summed E-state index contributed by atoms with van der Waals surface area (Å²) in [5, 5.41) is 8.99. The van der Waals surface area contributed by atoms with E-state index in [1.54, 1.807) is 6.92 Å². The lowest BCUT2D eigenvalue weighted by Crippen LogP contribution is -2.34. The van der Waals surface area contributed by atoms with Gasteiger partial charge in [0.2, 0.25) is 0 Å². The van der Waals surface area contributed by atoms with E-state index in [1.165, 1.54) is 10.4 Å². The molecule has 1 aromatic heterocycles. The largest absolute Gasteiger partial charge is 0.477 e. The molecule has 5 nitrogen and oxygen atoms in total. The Morgan fingerprint density at radius 1 is 1.42 bits per heavy atom. The first kappa shape index (κ1) is 14.2. The van der Waals surface area contributed by atoms with Crippen LogP contribution in [0.1, 0.15) is 28.6 Å². The summed E-state index contributed by atoms with van der Waals surface area (Å²) < 4.78 is 26.4. The van der Waals surface area contributed by atoms with Crippen LogP contribution >= 0.6 is 11.3 Å². The lowest BCUT2D eigenvalue weighted by atomic mass is 10.2. The Morgan fingerprint density at radius 3 is 2.63 bits per heavy atom. The monoisotopic (exact) mass is 301 g/mol. The number of hydrogen-bond acceptors (Lipinski definition) is 4. The minimum atomic E-state index is -3.58. The van der Waals surface area contributed by atoms with Crippen LogP contribution in [0, 0.1) is 6.92 Å². The van der Waals surface area contributed by atoms with E-state index < -0.39 is 16.0 Å². The molecule has 0 amide bonds. The quantitative estimate of drug-likeness (QED) is 0.868. The van der Waals surface area contributed by atoms with Crippen molar-refractivity contribution in [2.45, 2.75) is 24.5 Å². The number of aryl methyl sites for hydroxylation is 1. The number of carbonyl (C=O) groups is 1. The summed E-state index contributed by atoms with van der Waals surface area (Å²) in [6.07, 6.45) is 2.72. The number of aromatic carboxylic acids is 1. The Morgan fingerprint density at radius 2 is 2.11 bits per heavy atom. The molecular weight excluding hydrogens is 286 g/mol. The van der Waals surface area contributed by atoms with Gasteiger partial charge in [0.05, 0.1) is 0 Å². The van der Waals surface area contributed by atoms with E-state index in [1.807, 2.05) is 13.0 Å². The molecule has 0 fully saturated rings. The minimum absolute atomic E-state index is 0.0860. The van der Waals surface area contributed by atoms with Gasteiger partial charge in [-0.15, -0.1) is 11.3 Å². The molecule has 0 aliphatic carbocycles. The van der Waals surface area contributed by atoms with Gasteiger partial charge in [-0.1, -0.05) is 11.6 Å². The van der Waals surface area contributed by atoms with Gasteiger partial charge < -0.3 is 5.11 Å². The molecule has 1 N–H and O–H groups in total. The Bertz CT molecular complexity index is 643. The third-order valence-corrected chi connectivity index (χ3v) is 6.50. The number of hydrogen-bond donors (Lipinski definition) is 1. The molecule has 7 heteroatoms. The second-order valence-electron chi connectivity index (χ2n) is 4.56. The summed E-state index contributed by atoms with van der Waals surface area (Å²) in [6.45, 7) is 4.32. The predicted octanol–water partition coefficient (Wildman–Crippen LogP) is 2.10. The van der Waals surface area contributed by atoms with Gasteiger partial charge in [-0.25, -0.2) is 13.2 Å². The SMILES string of the molecule is CC1=CCCN(S(=O)(=O)c2cc(C)c(C(=O)O)s2)C1. The average Bonchev–Trinajstić information content (AvgIpc) is 2.72. The topological polar surface area (TPSA) is 74.7 Å². The van der Waals surface area contributed by atoms with Crippen LogP contribution in [0.15, 0.2) is 21.9 Å². The maximum atomic E-state index is 12.4. The third-order valence-electron chi connectivity index (χ3n) is 2.98. The van der Waals surface area contributed by atoms with Crippen molar-refractivity contribution in [1.29, 1.82) is 0 Å². The van der Waals surface area contributed by atoms with Crippen molar-refractivity contribution in [3.05, 3.63) is 28.2 Å². The van der Waals surface area contributed by atoms with E-state index in [0.717, 1.165) is 16.9 Å². The van der Waals surface area contributed by atoms with Crippen molar-refractivity contribution in [3.63, 3.8) is 0 Å². The third kappa shape index (κ3) is 2.72. The highest BCUT2D eigenvalue weighted by atomic mass is 32.2. The summed E-state index contributed by atoms with van der Waals surface area (Å²) in [6, 6.07) is 1.44. The van der Waals surface area contributed by atoms with Crippen LogP contribution in [-0.4, -0.2) is 36.9 Å². The average molecular weight is 301 g/mol. The van der Waals surface area contributed by atoms with Gasteiger partial charge in [-0.3, -0.25) is 0 Å². The van der Waals surface area contributed by atoms with Crippen LogP contribution in [0.2, 0.25) is 0 Å². The van der Waals surface area contributed by atoms with Crippen molar-refractivity contribution in [2.24, 2.45) is 0 Å². The van der Waals surface area contributed by atoms with Crippen LogP contribution in [0.5, 0.6) is 0 Å². The first-order valence-electron chi connectivity index (χ1n) is 5.82. The van der Waals surface area contributed by atoms with Crippen molar-refractivity contribution in [2.75, 3.05) is 13.1 Å². The number of carboxylic acid groups (broad SMARTS) is 1. The van der Waals surface area contributed by atoms with Crippen LogP contribution in [0.3, 0.4) is 0 Å². The number of rotatable bonds is 3. The van der Waals surface area contributed by atoms with E-state index >= 15 is 0 Å². The maximum Gasteiger partial charge on any atom is 0.346 e. The number of nitrogens with zero attached hydrogens (tertiary/aromatic N) is 1. The van der Waals surface area contributed by atoms with E-state index in [2.05, 4.69) is 0 Å². The summed E-state index contributed by atoms with van der Waals surface area (Å²) in [5.41, 5.74) is 1.50. The van der Waals surface area contributed by atoms with Gasteiger partial charge in [-0.05, 0) is 31.9 Å². The molecule has 1 aliphatic rings. The second kappa shape index (κ2) is 5.07. The lowest BCUT2D eigenvalue weighted by Gasteiger charge is -2.24. The van der Waals surface area contributed by atoms with Gasteiger partial charge >= 0.3 is 5.97 Å². The molecule has 0 bridgehead atoms. The van der Waals surface area contributed by atoms with E-state index in [0.29, 0.717) is 25.1 Å². The van der Waals surface area contributed by atoms with Crippen LogP contribution in [-0.2, 0) is 10.0 Å². The van der Waals surface area contributed by atoms with E-state index in [9.17, 15) is 13.2 Å². The highest BCUT2D eigenvalue weighted by Crippen LogP contribution is 2.29. The summed E-state index contributed by atoms with van der Waals surface area (Å²) in [5.74, 6) is -1.08. The Balaban J connectivity index is 2.37. The lowest BCUT2D eigenvalue weighted by molar-refractivity contribution is 0.0701. The molecule has 0 aromatic carbocycles. The van der Waals surface area contributed by atoms with Gasteiger partial charge in [0.15, 0.2) is 0 Å². The fraction of sp³-hybridized carbons (Fsp3) is 0.417. The summed E-state index contributed by atoms with van der Waals surface area (Å²) in [4.78, 5) is 11.1. The molecule has 0 spiro atoms. The number of thiophene rings is 1. The molecule has 19 heavy (non-hydrogen) atoms. The van der Waals surface area contributed by atoms with Gasteiger partial charge in [-0.2, -0.15) is 4.31 Å². The highest BCUT2D eigenvalue weighted by molar-refractivity contribution is 7.91. The van der Waals surface area contributed by atoms with Crippen molar-refractivity contribution >= 4 is 27.3 Å². The fourth-order valence-electron chi connectivity index (χ4n) is 2.00. The first-order chi connectivity index (χ1) is 8.82. The molecule has 2 heterocycles. The van der Waals surface area contributed by atoms with Crippen LogP contribution in [0.4, 0.5) is 0 Å². The fourth-order valence-corrected chi connectivity index (χ4v) is 5.03. The maximum absolute atomic E-state index is 12.4. The van der Waals surface area contributed by atoms with Crippen LogP contribution < -0.4 is 0 Å². The van der Waals surface area contributed by atoms with Crippen molar-refractivity contribution < 1.29 is 18.3 Å². The number of carboxylic acids is 1. The summed E-state index contributed by atoms with van der Waals surface area (Å²) >= 11 is 0.821. The molecule has 2 rings (SSSR count). The van der Waals surface area contributed by atoms with Crippen molar-refractivity contribution in [1.82, 2.24) is 4.31 Å². The van der Waals surface area contributed by atoms with Crippen LogP contribution in [0.25, 0.3) is 0 Å². The molecule has 0 atom stereocenters. The molecule has 0 saturated heterocycles. The Labute approximate surface area is 116 Å². The van der Waals surface area contributed by atoms with E-state index in [-0.39, 0.29) is 9.09 Å². The molecule has 0 radical (unpaired) electrons. The summed E-state index contributed by atoms with van der Waals surface area (Å²) in [7, 11) is -3.58. The molecule has 104 valence electrons. The molecular formula is C12H15NO4S2. The normalized spacial score (nSPS) is 17.3. The highest BCUT2D eigenvalue weighted by Gasteiger charge is 2.29. The molecule has 1 aromatic rings. The van der Waals surface area contributed by atoms with Gasteiger partial charge in [0.25, 0.3) is 10.0 Å². The Hall–Kier alpha value is -1.18. The Kier molecular flexibility index (Phi) is 3.80. The molecule has 1 aliphatic heterocycles. The number of sulfonamides is 1. The smallest absolute Gasteiger partial charge is 0.346 e. The minimum Gasteiger partial charge on any atom is -0.477 e. The van der Waals surface area contributed by atoms with Crippen molar-refractivity contribution in [3.8, 4) is 0 Å². The zero-order chi connectivity index (χ0) is 14.2. The zero-order valence-electron chi connectivity index (χ0n) is 10.7. The van der Waals surface area contributed by atoms with E-state index in [4.69, 9.17) is 5.11 Å². The first-order valence-corrected chi connectivity index (χ1v) is 8.07. The zero-order valence-corrected chi connectivity index (χ0v) is 12.3. The molecule has 0 saturated carbocycles. The van der Waals surface area contributed by atoms with Gasteiger partial charge in [0.1, 0.15) is 9.09 Å².